The molecule has 1 aliphatic rings. The van der Waals surface area contributed by atoms with Crippen LogP contribution in [-0.2, 0) is 4.74 Å². The number of nitrogens with zero attached hydrogens (tertiary/aromatic N) is 1. The third-order valence-corrected chi connectivity index (χ3v) is 2.45. The molecule has 1 atom stereocenters. The molecule has 1 rings (SSSR count). The minimum Gasteiger partial charge on any atom is -0.395 e. The van der Waals surface area contributed by atoms with Crippen LogP contribution in [0.4, 0.5) is 0 Å². The number of hydrogen-bond donors (Lipinski definition) is 2. The second-order valence-corrected chi connectivity index (χ2v) is 4.22. The summed E-state index contributed by atoms with van der Waals surface area (Å²) in [5.74, 6) is 0.833. The molecule has 14 heavy (non-hydrogen) atoms. The first-order valence-corrected chi connectivity index (χ1v) is 5.35. The average Bonchev–Trinajstić information content (AvgIpc) is 2.96. The number of aliphatic hydroxyl groups excluding tert-OH is 1. The number of rotatable bonds is 8. The Hall–Kier alpha value is -0.160. The molecular weight excluding hydrogens is 180 g/mol. The number of hydrogen-bond acceptors (Lipinski definition) is 4. The summed E-state index contributed by atoms with van der Waals surface area (Å²) < 4.78 is 5.50. The third-order valence-electron chi connectivity index (χ3n) is 2.45. The van der Waals surface area contributed by atoms with Crippen LogP contribution >= 0.6 is 0 Å². The molecule has 84 valence electrons. The highest BCUT2D eigenvalue weighted by Gasteiger charge is 2.20. The molecular formula is C10H22N2O2. The van der Waals surface area contributed by atoms with Crippen LogP contribution in [0, 0.1) is 5.92 Å². The zero-order valence-corrected chi connectivity index (χ0v) is 8.98. The summed E-state index contributed by atoms with van der Waals surface area (Å²) in [7, 11) is 2.00. The molecule has 4 nitrogen and oxygen atoms in total. The topological polar surface area (TPSA) is 58.7 Å². The molecule has 0 saturated heterocycles. The molecule has 1 saturated carbocycles. The second kappa shape index (κ2) is 6.35. The van der Waals surface area contributed by atoms with E-state index in [4.69, 9.17) is 15.6 Å². The Morgan fingerprint density at radius 2 is 2.29 bits per heavy atom. The van der Waals surface area contributed by atoms with E-state index in [1.54, 1.807) is 0 Å². The van der Waals surface area contributed by atoms with Crippen LogP contribution in [0.2, 0.25) is 0 Å². The molecule has 0 radical (unpaired) electrons. The lowest BCUT2D eigenvalue weighted by molar-refractivity contribution is 0.0993. The van der Waals surface area contributed by atoms with Crippen molar-refractivity contribution >= 4 is 0 Å². The molecule has 0 aliphatic heterocycles. The lowest BCUT2D eigenvalue weighted by Crippen LogP contribution is -2.39. The van der Waals surface area contributed by atoms with Gasteiger partial charge in [-0.1, -0.05) is 0 Å². The van der Waals surface area contributed by atoms with Crippen molar-refractivity contribution in [3.8, 4) is 0 Å². The number of aliphatic hydroxyl groups is 1. The van der Waals surface area contributed by atoms with Crippen molar-refractivity contribution in [1.82, 2.24) is 4.90 Å². The van der Waals surface area contributed by atoms with Crippen LogP contribution in [0.25, 0.3) is 0 Å². The minimum atomic E-state index is -0.136. The smallest absolute Gasteiger partial charge is 0.0595 e. The summed E-state index contributed by atoms with van der Waals surface area (Å²) in [5, 5.41) is 8.75. The van der Waals surface area contributed by atoms with Gasteiger partial charge in [0.15, 0.2) is 0 Å². The third kappa shape index (κ3) is 5.54. The molecule has 0 bridgehead atoms. The van der Waals surface area contributed by atoms with Crippen molar-refractivity contribution < 1.29 is 9.84 Å². The largest absolute Gasteiger partial charge is 0.395 e. The molecule has 4 heteroatoms. The molecule has 0 aromatic heterocycles. The van der Waals surface area contributed by atoms with Crippen LogP contribution in [0.3, 0.4) is 0 Å². The molecule has 0 spiro atoms. The van der Waals surface area contributed by atoms with Gasteiger partial charge in [0.05, 0.1) is 13.2 Å². The van der Waals surface area contributed by atoms with E-state index in [2.05, 4.69) is 4.90 Å². The minimum absolute atomic E-state index is 0.0489. The molecule has 0 amide bonds. The van der Waals surface area contributed by atoms with Crippen molar-refractivity contribution in [3.63, 3.8) is 0 Å². The first-order valence-electron chi connectivity index (χ1n) is 5.35. The Labute approximate surface area is 86.0 Å². The highest BCUT2D eigenvalue weighted by Crippen LogP contribution is 2.28. The van der Waals surface area contributed by atoms with Crippen molar-refractivity contribution in [2.24, 2.45) is 11.7 Å². The summed E-state index contributed by atoms with van der Waals surface area (Å²) in [5.41, 5.74) is 5.60. The zero-order valence-electron chi connectivity index (χ0n) is 8.98. The van der Waals surface area contributed by atoms with E-state index in [-0.39, 0.29) is 12.6 Å². The van der Waals surface area contributed by atoms with Crippen molar-refractivity contribution in [1.29, 1.82) is 0 Å². The maximum absolute atomic E-state index is 8.75. The van der Waals surface area contributed by atoms with Gasteiger partial charge in [0.2, 0.25) is 0 Å². The van der Waals surface area contributed by atoms with Crippen LogP contribution in [0.5, 0.6) is 0 Å². The Bertz CT molecular complexity index is 151. The van der Waals surface area contributed by atoms with E-state index in [1.165, 1.54) is 12.8 Å². The number of likely N-dealkylation sites (N-methyl/N-ethyl adjacent to an activating group) is 1. The number of ether oxygens (including phenoxy) is 1. The van der Waals surface area contributed by atoms with Crippen LogP contribution in [-0.4, -0.2) is 56.0 Å². The van der Waals surface area contributed by atoms with Gasteiger partial charge in [-0.15, -0.1) is 0 Å². The lowest BCUT2D eigenvalue weighted by atomic mass is 10.3. The van der Waals surface area contributed by atoms with E-state index >= 15 is 0 Å². The standard InChI is InChI=1S/C10H22N2O2/c1-12(6-10(11)7-13)4-5-14-8-9-2-3-9/h9-10,13H,2-8,11H2,1H3. The summed E-state index contributed by atoms with van der Waals surface area (Å²) in [6.07, 6.45) is 2.68. The normalized spacial score (nSPS) is 18.9. The maximum Gasteiger partial charge on any atom is 0.0595 e. The second-order valence-electron chi connectivity index (χ2n) is 4.22. The molecule has 1 aliphatic carbocycles. The van der Waals surface area contributed by atoms with Gasteiger partial charge in [-0.2, -0.15) is 0 Å². The SMILES string of the molecule is CN(CCOCC1CC1)CC(N)CO. The summed E-state index contributed by atoms with van der Waals surface area (Å²) >= 11 is 0. The first-order chi connectivity index (χ1) is 6.72. The fraction of sp³-hybridized carbons (Fsp3) is 1.00. The van der Waals surface area contributed by atoms with Gasteiger partial charge in [0.1, 0.15) is 0 Å². The van der Waals surface area contributed by atoms with E-state index in [1.807, 2.05) is 7.05 Å². The molecule has 0 aromatic carbocycles. The molecule has 0 aromatic rings. The Balaban J connectivity index is 1.88. The van der Waals surface area contributed by atoms with Gasteiger partial charge in [-0.25, -0.2) is 0 Å². The molecule has 1 fully saturated rings. The fourth-order valence-electron chi connectivity index (χ4n) is 1.30. The van der Waals surface area contributed by atoms with Crippen molar-refractivity contribution in [3.05, 3.63) is 0 Å². The van der Waals surface area contributed by atoms with Crippen LogP contribution < -0.4 is 5.73 Å². The molecule has 0 heterocycles. The Morgan fingerprint density at radius 3 is 2.86 bits per heavy atom. The van der Waals surface area contributed by atoms with E-state index in [9.17, 15) is 0 Å². The summed E-state index contributed by atoms with van der Waals surface area (Å²) in [6.45, 7) is 3.35. The van der Waals surface area contributed by atoms with Gasteiger partial charge in [0, 0.05) is 25.7 Å². The predicted octanol–water partition coefficient (Wildman–Crippen LogP) is -0.336. The highest BCUT2D eigenvalue weighted by molar-refractivity contribution is 4.72. The van der Waals surface area contributed by atoms with Crippen LogP contribution in [0.15, 0.2) is 0 Å². The van der Waals surface area contributed by atoms with E-state index in [0.29, 0.717) is 0 Å². The predicted molar refractivity (Wildman–Crippen MR) is 56.1 cm³/mol. The highest BCUT2D eigenvalue weighted by atomic mass is 16.5. The Kier molecular flexibility index (Phi) is 5.40. The van der Waals surface area contributed by atoms with E-state index in [0.717, 1.165) is 32.2 Å². The average molecular weight is 202 g/mol. The first kappa shape index (κ1) is 11.9. The van der Waals surface area contributed by atoms with Gasteiger partial charge >= 0.3 is 0 Å². The fourth-order valence-corrected chi connectivity index (χ4v) is 1.30. The summed E-state index contributed by atoms with van der Waals surface area (Å²) in [6, 6.07) is -0.136. The quantitative estimate of drug-likeness (QED) is 0.529. The van der Waals surface area contributed by atoms with Gasteiger partial charge < -0.3 is 20.5 Å². The van der Waals surface area contributed by atoms with Gasteiger partial charge in [0.25, 0.3) is 0 Å². The zero-order chi connectivity index (χ0) is 10.4. The Morgan fingerprint density at radius 1 is 1.57 bits per heavy atom. The monoisotopic (exact) mass is 202 g/mol. The van der Waals surface area contributed by atoms with Crippen molar-refractivity contribution in [2.45, 2.75) is 18.9 Å². The van der Waals surface area contributed by atoms with Gasteiger partial charge in [-0.3, -0.25) is 0 Å². The van der Waals surface area contributed by atoms with Gasteiger partial charge in [-0.05, 0) is 25.8 Å². The van der Waals surface area contributed by atoms with Crippen molar-refractivity contribution in [2.75, 3.05) is 40.0 Å². The molecule has 1 unspecified atom stereocenters. The molecule has 3 N–H and O–H groups in total. The van der Waals surface area contributed by atoms with E-state index < -0.39 is 0 Å². The summed E-state index contributed by atoms with van der Waals surface area (Å²) in [4.78, 5) is 2.09. The van der Waals surface area contributed by atoms with Crippen LogP contribution in [0.1, 0.15) is 12.8 Å². The number of nitrogens with two attached hydrogens (primary N) is 1. The maximum atomic E-state index is 8.75. The lowest BCUT2D eigenvalue weighted by Gasteiger charge is -2.19.